The number of carbonyl (C=O) groups excluding carboxylic acids is 2. The molecule has 0 saturated heterocycles. The van der Waals surface area contributed by atoms with Crippen molar-refractivity contribution >= 4 is 12.1 Å². The lowest BCUT2D eigenvalue weighted by molar-refractivity contribution is -0.227. The third-order valence-corrected chi connectivity index (χ3v) is 1.71. The van der Waals surface area contributed by atoms with Gasteiger partial charge >= 0.3 is 12.1 Å². The predicted molar refractivity (Wildman–Crippen MR) is 54.9 cm³/mol. The number of nitrogens with one attached hydrogen (secondary N) is 1. The van der Waals surface area contributed by atoms with Gasteiger partial charge in [0.2, 0.25) is 0 Å². The molecule has 0 aliphatic heterocycles. The van der Waals surface area contributed by atoms with Gasteiger partial charge in [0.15, 0.2) is 0 Å². The number of amides is 1. The van der Waals surface area contributed by atoms with Gasteiger partial charge < -0.3 is 5.32 Å². The number of carbonyl (C=O) groups is 2. The van der Waals surface area contributed by atoms with Crippen LogP contribution < -0.4 is 5.32 Å². The molecule has 0 radical (unpaired) electrons. The van der Waals surface area contributed by atoms with E-state index in [1.165, 1.54) is 0 Å². The molecule has 0 unspecified atom stereocenters. The molecule has 1 amide bonds. The van der Waals surface area contributed by atoms with Gasteiger partial charge in [0.1, 0.15) is 0 Å². The fraction of sp³-hybridized carbons (Fsp3) is 0.600. The number of hydrogen-bond acceptors (Lipinski definition) is 4. The Bertz CT molecular complexity index is 238. The molecule has 0 aliphatic rings. The van der Waals surface area contributed by atoms with Gasteiger partial charge in [-0.1, -0.05) is 26.8 Å². The average Bonchev–Trinajstić information content (AvgIpc) is 2.25. The molecule has 0 aromatic heterocycles. The summed E-state index contributed by atoms with van der Waals surface area (Å²) in [5.74, 6) is -0.719. The molecule has 0 aliphatic carbocycles. The molecular weight excluding hydrogens is 198 g/mol. The van der Waals surface area contributed by atoms with E-state index >= 15 is 0 Å². The Morgan fingerprint density at radius 2 is 1.93 bits per heavy atom. The van der Waals surface area contributed by atoms with Crippen LogP contribution in [0.1, 0.15) is 33.1 Å². The molecule has 0 rings (SSSR count). The number of rotatable bonds is 5. The molecule has 0 heterocycles. The lowest BCUT2D eigenvalue weighted by Gasteiger charge is -2.04. The molecule has 0 fully saturated rings. The van der Waals surface area contributed by atoms with Crippen molar-refractivity contribution < 1.29 is 19.4 Å². The van der Waals surface area contributed by atoms with E-state index in [2.05, 4.69) is 21.7 Å². The Labute approximate surface area is 89.4 Å². The molecule has 86 valence electrons. The van der Waals surface area contributed by atoms with Crippen LogP contribution in [0.5, 0.6) is 0 Å². The Hall–Kier alpha value is -1.52. The van der Waals surface area contributed by atoms with Crippen LogP contribution in [0, 0.1) is 0 Å². The molecule has 0 aromatic carbocycles. The van der Waals surface area contributed by atoms with Crippen molar-refractivity contribution in [1.29, 1.82) is 0 Å². The van der Waals surface area contributed by atoms with Crippen molar-refractivity contribution in [2.75, 3.05) is 6.54 Å². The maximum Gasteiger partial charge on any atom is 0.450 e. The standard InChI is InChI=1S/C10H17NO4/c1-4-6-7-11-10(13)15-14-9(12)8(3)5-2/h3-7H2,1-2H3,(H,11,13). The van der Waals surface area contributed by atoms with E-state index in [9.17, 15) is 9.59 Å². The van der Waals surface area contributed by atoms with Gasteiger partial charge in [-0.15, -0.1) is 0 Å². The molecule has 0 atom stereocenters. The minimum absolute atomic E-state index is 0.261. The summed E-state index contributed by atoms with van der Waals surface area (Å²) in [4.78, 5) is 30.3. The second kappa shape index (κ2) is 7.84. The summed E-state index contributed by atoms with van der Waals surface area (Å²) in [6.07, 6.45) is 1.51. The SMILES string of the molecule is C=C(CC)C(=O)OOC(=O)NCCCC. The largest absolute Gasteiger partial charge is 0.450 e. The number of hydrogen-bond donors (Lipinski definition) is 1. The highest BCUT2D eigenvalue weighted by molar-refractivity contribution is 5.87. The first-order valence-corrected chi connectivity index (χ1v) is 4.96. The Balaban J connectivity index is 3.62. The summed E-state index contributed by atoms with van der Waals surface area (Å²) in [5.41, 5.74) is 0.261. The van der Waals surface area contributed by atoms with Crippen molar-refractivity contribution in [2.45, 2.75) is 33.1 Å². The third-order valence-electron chi connectivity index (χ3n) is 1.71. The third kappa shape index (κ3) is 6.54. The average molecular weight is 215 g/mol. The summed E-state index contributed by atoms with van der Waals surface area (Å²) >= 11 is 0. The lowest BCUT2D eigenvalue weighted by Crippen LogP contribution is -2.26. The van der Waals surface area contributed by atoms with E-state index in [4.69, 9.17) is 0 Å². The normalized spacial score (nSPS) is 9.20. The van der Waals surface area contributed by atoms with E-state index in [1.807, 2.05) is 6.92 Å². The molecule has 0 saturated carbocycles. The summed E-state index contributed by atoms with van der Waals surface area (Å²) in [7, 11) is 0. The zero-order valence-electron chi connectivity index (χ0n) is 9.17. The van der Waals surface area contributed by atoms with Gasteiger partial charge in [-0.05, 0) is 12.8 Å². The van der Waals surface area contributed by atoms with Crippen molar-refractivity contribution in [1.82, 2.24) is 5.32 Å². The fourth-order valence-corrected chi connectivity index (χ4v) is 0.676. The molecular formula is C10H17NO4. The van der Waals surface area contributed by atoms with Crippen molar-refractivity contribution in [3.05, 3.63) is 12.2 Å². The van der Waals surface area contributed by atoms with Crippen LogP contribution in [0.3, 0.4) is 0 Å². The van der Waals surface area contributed by atoms with Crippen LogP contribution in [-0.4, -0.2) is 18.6 Å². The van der Waals surface area contributed by atoms with Gasteiger partial charge in [0, 0.05) is 12.1 Å². The minimum atomic E-state index is -0.763. The summed E-state index contributed by atoms with van der Waals surface area (Å²) < 4.78 is 0. The van der Waals surface area contributed by atoms with E-state index in [-0.39, 0.29) is 5.57 Å². The molecule has 0 bridgehead atoms. The first kappa shape index (κ1) is 13.5. The topological polar surface area (TPSA) is 64.6 Å². The van der Waals surface area contributed by atoms with Crippen LogP contribution in [0.4, 0.5) is 4.79 Å². The summed E-state index contributed by atoms with van der Waals surface area (Å²) in [6, 6.07) is 0. The van der Waals surface area contributed by atoms with Crippen molar-refractivity contribution in [3.63, 3.8) is 0 Å². The van der Waals surface area contributed by atoms with Gasteiger partial charge in [-0.3, -0.25) is 0 Å². The first-order chi connectivity index (χ1) is 7.11. The second-order valence-corrected chi connectivity index (χ2v) is 2.98. The van der Waals surface area contributed by atoms with Crippen LogP contribution >= 0.6 is 0 Å². The maximum absolute atomic E-state index is 11.0. The first-order valence-electron chi connectivity index (χ1n) is 4.96. The van der Waals surface area contributed by atoms with Crippen molar-refractivity contribution in [3.8, 4) is 0 Å². The number of unbranched alkanes of at least 4 members (excludes halogenated alkanes) is 1. The molecule has 15 heavy (non-hydrogen) atoms. The van der Waals surface area contributed by atoms with Crippen LogP contribution in [0.25, 0.3) is 0 Å². The lowest BCUT2D eigenvalue weighted by atomic mass is 10.2. The fourth-order valence-electron chi connectivity index (χ4n) is 0.676. The van der Waals surface area contributed by atoms with E-state index in [1.54, 1.807) is 6.92 Å². The van der Waals surface area contributed by atoms with Gasteiger partial charge in [-0.25, -0.2) is 19.4 Å². The van der Waals surface area contributed by atoms with E-state index in [0.717, 1.165) is 12.8 Å². The summed E-state index contributed by atoms with van der Waals surface area (Å²) in [5, 5.41) is 2.43. The molecule has 5 heteroatoms. The molecule has 1 N–H and O–H groups in total. The monoisotopic (exact) mass is 215 g/mol. The smallest absolute Gasteiger partial charge is 0.318 e. The Morgan fingerprint density at radius 3 is 2.47 bits per heavy atom. The van der Waals surface area contributed by atoms with Gasteiger partial charge in [0.25, 0.3) is 0 Å². The highest BCUT2D eigenvalue weighted by Crippen LogP contribution is 1.99. The summed E-state index contributed by atoms with van der Waals surface area (Å²) in [6.45, 7) is 7.69. The highest BCUT2D eigenvalue weighted by Gasteiger charge is 2.10. The van der Waals surface area contributed by atoms with Crippen molar-refractivity contribution in [2.24, 2.45) is 0 Å². The van der Waals surface area contributed by atoms with Gasteiger partial charge in [-0.2, -0.15) is 0 Å². The molecule has 5 nitrogen and oxygen atoms in total. The maximum atomic E-state index is 11.0. The minimum Gasteiger partial charge on any atom is -0.318 e. The zero-order chi connectivity index (χ0) is 11.7. The van der Waals surface area contributed by atoms with E-state index < -0.39 is 12.1 Å². The van der Waals surface area contributed by atoms with E-state index in [0.29, 0.717) is 13.0 Å². The second-order valence-electron chi connectivity index (χ2n) is 2.98. The van der Waals surface area contributed by atoms with Crippen LogP contribution in [0.2, 0.25) is 0 Å². The predicted octanol–water partition coefficient (Wildman–Crippen LogP) is 1.94. The molecule has 0 aromatic rings. The van der Waals surface area contributed by atoms with Crippen LogP contribution in [-0.2, 0) is 14.6 Å². The Morgan fingerprint density at radius 1 is 1.27 bits per heavy atom. The van der Waals surface area contributed by atoms with Gasteiger partial charge in [0.05, 0.1) is 0 Å². The Kier molecular flexibility index (Phi) is 7.05. The zero-order valence-corrected chi connectivity index (χ0v) is 9.17. The van der Waals surface area contributed by atoms with Crippen LogP contribution in [0.15, 0.2) is 12.2 Å². The molecule has 0 spiro atoms. The quantitative estimate of drug-likeness (QED) is 0.329. The highest BCUT2D eigenvalue weighted by atomic mass is 17.2.